The van der Waals surface area contributed by atoms with Crippen LogP contribution in [0.2, 0.25) is 5.02 Å². The van der Waals surface area contributed by atoms with Gasteiger partial charge in [-0.15, -0.1) is 0 Å². The molecule has 0 unspecified atom stereocenters. The van der Waals surface area contributed by atoms with Crippen molar-refractivity contribution in [1.82, 2.24) is 0 Å². The molecule has 2 aliphatic rings. The van der Waals surface area contributed by atoms with E-state index in [0.29, 0.717) is 5.92 Å². The van der Waals surface area contributed by atoms with E-state index >= 15 is 0 Å². The normalized spacial score (nSPS) is 31.3. The maximum atomic E-state index is 6.26. The van der Waals surface area contributed by atoms with E-state index in [2.05, 4.69) is 42.5 Å². The van der Waals surface area contributed by atoms with Crippen LogP contribution in [0.5, 0.6) is 0 Å². The average Bonchev–Trinajstić information content (AvgIpc) is 3.09. The minimum Gasteiger partial charge on any atom is -0.372 e. The van der Waals surface area contributed by atoms with Crippen LogP contribution in [0.3, 0.4) is 0 Å². The Bertz CT molecular complexity index is 622. The lowest BCUT2D eigenvalue weighted by Crippen LogP contribution is -2.30. The summed E-state index contributed by atoms with van der Waals surface area (Å²) in [7, 11) is 0. The molecule has 1 nitrogen and oxygen atoms in total. The van der Waals surface area contributed by atoms with Gasteiger partial charge in [-0.25, -0.2) is 0 Å². The minimum absolute atomic E-state index is 0.213. The molecule has 1 aliphatic carbocycles. The molecule has 0 spiro atoms. The highest BCUT2D eigenvalue weighted by atomic mass is 35.5. The van der Waals surface area contributed by atoms with Crippen molar-refractivity contribution in [1.29, 1.82) is 0 Å². The van der Waals surface area contributed by atoms with Crippen LogP contribution in [0.4, 0.5) is 0 Å². The van der Waals surface area contributed by atoms with Crippen molar-refractivity contribution in [2.75, 3.05) is 6.61 Å². The van der Waals surface area contributed by atoms with Gasteiger partial charge in [-0.05, 0) is 36.1 Å². The number of fused-ring (bicyclic) bond motifs is 1. The molecule has 2 aromatic rings. The zero-order chi connectivity index (χ0) is 14.3. The van der Waals surface area contributed by atoms with Crippen molar-refractivity contribution in [3.8, 4) is 0 Å². The van der Waals surface area contributed by atoms with Crippen LogP contribution in [-0.2, 0) is 10.2 Å². The molecule has 0 N–H and O–H groups in total. The molecule has 0 radical (unpaired) electrons. The standard InChI is InChI=1S/C19H19ClO/c20-16-10-8-14(9-11-16)18-17-7-4-12-19(17,13-21-18)15-5-2-1-3-6-15/h1-3,5-6,8-11,17-18H,4,7,12-13H2/t17-,18-,19+/m0/s1. The van der Waals surface area contributed by atoms with E-state index in [4.69, 9.17) is 16.3 Å². The molecular formula is C19H19ClO. The van der Waals surface area contributed by atoms with E-state index in [1.165, 1.54) is 30.4 Å². The Balaban J connectivity index is 1.71. The van der Waals surface area contributed by atoms with Crippen molar-refractivity contribution < 1.29 is 4.74 Å². The van der Waals surface area contributed by atoms with Gasteiger partial charge in [0, 0.05) is 16.4 Å². The zero-order valence-corrected chi connectivity index (χ0v) is 12.7. The number of hydrogen-bond donors (Lipinski definition) is 0. The monoisotopic (exact) mass is 298 g/mol. The van der Waals surface area contributed by atoms with E-state index in [1.54, 1.807) is 0 Å². The summed E-state index contributed by atoms with van der Waals surface area (Å²) >= 11 is 6.01. The third-order valence-corrected chi connectivity index (χ3v) is 5.53. The highest BCUT2D eigenvalue weighted by molar-refractivity contribution is 6.30. The summed E-state index contributed by atoms with van der Waals surface area (Å²) in [6.45, 7) is 0.842. The molecule has 1 saturated carbocycles. The SMILES string of the molecule is Clc1ccc([C@@H]2OC[C@@]3(c4ccccc4)CCC[C@@H]23)cc1. The fourth-order valence-corrected chi connectivity index (χ4v) is 4.39. The van der Waals surface area contributed by atoms with E-state index in [0.717, 1.165) is 11.6 Å². The van der Waals surface area contributed by atoms with Gasteiger partial charge in [0.25, 0.3) is 0 Å². The number of rotatable bonds is 2. The van der Waals surface area contributed by atoms with Gasteiger partial charge in [0.15, 0.2) is 0 Å². The van der Waals surface area contributed by atoms with Crippen LogP contribution in [0.1, 0.15) is 36.5 Å². The van der Waals surface area contributed by atoms with Gasteiger partial charge in [0.1, 0.15) is 0 Å². The Kier molecular flexibility index (Phi) is 3.28. The molecule has 1 aliphatic heterocycles. The second-order valence-electron chi connectivity index (χ2n) is 6.30. The van der Waals surface area contributed by atoms with Crippen LogP contribution in [-0.4, -0.2) is 6.61 Å². The first kappa shape index (κ1) is 13.4. The van der Waals surface area contributed by atoms with Gasteiger partial charge in [0.2, 0.25) is 0 Å². The molecule has 3 atom stereocenters. The second kappa shape index (κ2) is 5.15. The topological polar surface area (TPSA) is 9.23 Å². The van der Waals surface area contributed by atoms with Crippen molar-refractivity contribution in [2.24, 2.45) is 5.92 Å². The fraction of sp³-hybridized carbons (Fsp3) is 0.368. The van der Waals surface area contributed by atoms with E-state index < -0.39 is 0 Å². The summed E-state index contributed by atoms with van der Waals surface area (Å²) < 4.78 is 6.26. The molecule has 21 heavy (non-hydrogen) atoms. The predicted molar refractivity (Wildman–Crippen MR) is 85.6 cm³/mol. The molecule has 2 heteroatoms. The largest absolute Gasteiger partial charge is 0.372 e. The molecule has 108 valence electrons. The first-order chi connectivity index (χ1) is 10.3. The van der Waals surface area contributed by atoms with Crippen LogP contribution < -0.4 is 0 Å². The fourth-order valence-electron chi connectivity index (χ4n) is 4.27. The zero-order valence-electron chi connectivity index (χ0n) is 12.0. The van der Waals surface area contributed by atoms with Crippen molar-refractivity contribution >= 4 is 11.6 Å². The predicted octanol–water partition coefficient (Wildman–Crippen LogP) is 5.15. The molecule has 0 amide bonds. The quantitative estimate of drug-likeness (QED) is 0.745. The maximum Gasteiger partial charge on any atom is 0.0862 e. The Hall–Kier alpha value is -1.31. The smallest absolute Gasteiger partial charge is 0.0862 e. The van der Waals surface area contributed by atoms with E-state index in [9.17, 15) is 0 Å². The first-order valence-corrected chi connectivity index (χ1v) is 8.10. The van der Waals surface area contributed by atoms with Crippen molar-refractivity contribution in [3.63, 3.8) is 0 Å². The van der Waals surface area contributed by atoms with Gasteiger partial charge in [-0.2, -0.15) is 0 Å². The number of benzene rings is 2. The van der Waals surface area contributed by atoms with Crippen LogP contribution in [0.15, 0.2) is 54.6 Å². The summed E-state index contributed by atoms with van der Waals surface area (Å²) in [6.07, 6.45) is 4.01. The number of hydrogen-bond acceptors (Lipinski definition) is 1. The molecule has 0 aromatic heterocycles. The molecule has 2 fully saturated rings. The number of halogens is 1. The van der Waals surface area contributed by atoms with E-state index in [1.807, 2.05) is 12.1 Å². The molecule has 4 rings (SSSR count). The highest BCUT2D eigenvalue weighted by Crippen LogP contribution is 2.56. The molecule has 1 heterocycles. The molecular weight excluding hydrogens is 280 g/mol. The molecule has 2 aromatic carbocycles. The van der Waals surface area contributed by atoms with Gasteiger partial charge in [-0.3, -0.25) is 0 Å². The second-order valence-corrected chi connectivity index (χ2v) is 6.74. The molecule has 0 bridgehead atoms. The Labute approximate surface area is 130 Å². The van der Waals surface area contributed by atoms with E-state index in [-0.39, 0.29) is 11.5 Å². The van der Waals surface area contributed by atoms with Crippen LogP contribution in [0.25, 0.3) is 0 Å². The Morgan fingerprint density at radius 1 is 1.00 bits per heavy atom. The third-order valence-electron chi connectivity index (χ3n) is 5.28. The Morgan fingerprint density at radius 2 is 1.76 bits per heavy atom. The van der Waals surface area contributed by atoms with Crippen molar-refractivity contribution in [2.45, 2.75) is 30.8 Å². The lowest BCUT2D eigenvalue weighted by Gasteiger charge is -2.29. The van der Waals surface area contributed by atoms with Crippen molar-refractivity contribution in [3.05, 3.63) is 70.7 Å². The average molecular weight is 299 g/mol. The lowest BCUT2D eigenvalue weighted by atomic mass is 9.72. The summed E-state index contributed by atoms with van der Waals surface area (Å²) in [5.41, 5.74) is 2.93. The minimum atomic E-state index is 0.213. The summed E-state index contributed by atoms with van der Waals surface area (Å²) in [6, 6.07) is 19.1. The van der Waals surface area contributed by atoms with Gasteiger partial charge in [0.05, 0.1) is 12.7 Å². The molecule has 1 saturated heterocycles. The summed E-state index contributed by atoms with van der Waals surface area (Å²) in [4.78, 5) is 0. The number of ether oxygens (including phenoxy) is 1. The first-order valence-electron chi connectivity index (χ1n) is 7.72. The lowest BCUT2D eigenvalue weighted by molar-refractivity contribution is 0.0846. The highest BCUT2D eigenvalue weighted by Gasteiger charge is 2.53. The maximum absolute atomic E-state index is 6.26. The van der Waals surface area contributed by atoms with Gasteiger partial charge < -0.3 is 4.74 Å². The van der Waals surface area contributed by atoms with Crippen LogP contribution in [0, 0.1) is 5.92 Å². The summed E-state index contributed by atoms with van der Waals surface area (Å²) in [5, 5.41) is 0.789. The summed E-state index contributed by atoms with van der Waals surface area (Å²) in [5.74, 6) is 0.584. The van der Waals surface area contributed by atoms with Crippen LogP contribution >= 0.6 is 11.6 Å². The van der Waals surface area contributed by atoms with Gasteiger partial charge >= 0.3 is 0 Å². The third kappa shape index (κ3) is 2.11. The van der Waals surface area contributed by atoms with Gasteiger partial charge in [-0.1, -0.05) is 60.5 Å². The Morgan fingerprint density at radius 3 is 2.52 bits per heavy atom.